The topological polar surface area (TPSA) is 92.5 Å². The Hall–Kier alpha value is -2.37. The van der Waals surface area contributed by atoms with E-state index in [4.69, 9.17) is 5.73 Å². The van der Waals surface area contributed by atoms with Gasteiger partial charge in [-0.25, -0.2) is 9.69 Å². The molecule has 1 heterocycles. The van der Waals surface area contributed by atoms with Gasteiger partial charge in [-0.15, -0.1) is 0 Å². The quantitative estimate of drug-likeness (QED) is 0.769. The summed E-state index contributed by atoms with van der Waals surface area (Å²) < 4.78 is 0. The molecule has 0 aromatic heterocycles. The second-order valence-electron chi connectivity index (χ2n) is 3.98. The van der Waals surface area contributed by atoms with Crippen LogP contribution in [0.25, 0.3) is 0 Å². The molecule has 1 saturated heterocycles. The Morgan fingerprint density at radius 3 is 2.39 bits per heavy atom. The number of anilines is 2. The Kier molecular flexibility index (Phi) is 3.27. The lowest BCUT2D eigenvalue weighted by atomic mass is 10.1. The lowest BCUT2D eigenvalue weighted by Gasteiger charge is -2.26. The number of carbonyl (C=O) groups excluding carboxylic acids is 3. The average molecular weight is 247 g/mol. The maximum absolute atomic E-state index is 11.8. The third kappa shape index (κ3) is 2.32. The molecule has 1 fully saturated rings. The van der Waals surface area contributed by atoms with E-state index in [0.29, 0.717) is 30.6 Å². The molecule has 0 aliphatic carbocycles. The van der Waals surface area contributed by atoms with Gasteiger partial charge in [0.25, 0.3) is 0 Å². The van der Waals surface area contributed by atoms with Crippen LogP contribution in [0.15, 0.2) is 24.3 Å². The van der Waals surface area contributed by atoms with Crippen molar-refractivity contribution in [3.8, 4) is 0 Å². The fourth-order valence-corrected chi connectivity index (χ4v) is 1.93. The first-order valence-electron chi connectivity index (χ1n) is 5.61. The van der Waals surface area contributed by atoms with Crippen LogP contribution < -0.4 is 16.0 Å². The molecule has 4 amide bonds. The first-order valence-corrected chi connectivity index (χ1v) is 5.61. The number of piperidine rings is 1. The van der Waals surface area contributed by atoms with E-state index in [9.17, 15) is 14.4 Å². The summed E-state index contributed by atoms with van der Waals surface area (Å²) in [4.78, 5) is 35.6. The molecule has 3 N–H and O–H groups in total. The number of primary amides is 1. The first kappa shape index (κ1) is 12.1. The van der Waals surface area contributed by atoms with E-state index in [1.165, 1.54) is 0 Å². The van der Waals surface area contributed by atoms with Crippen LogP contribution in [0.2, 0.25) is 0 Å². The van der Waals surface area contributed by atoms with Crippen LogP contribution in [-0.2, 0) is 9.59 Å². The van der Waals surface area contributed by atoms with Crippen molar-refractivity contribution in [2.75, 3.05) is 10.2 Å². The van der Waals surface area contributed by atoms with E-state index in [1.807, 2.05) is 0 Å². The SMILES string of the molecule is NC(=O)Nc1ccccc1N1C(=O)CCCC1=O. The third-order valence-electron chi connectivity index (χ3n) is 2.68. The maximum atomic E-state index is 11.8. The highest BCUT2D eigenvalue weighted by molar-refractivity contribution is 6.18. The molecular weight excluding hydrogens is 234 g/mol. The molecule has 6 nitrogen and oxygen atoms in total. The van der Waals surface area contributed by atoms with Gasteiger partial charge in [0.1, 0.15) is 0 Å². The van der Waals surface area contributed by atoms with Gasteiger partial charge in [0, 0.05) is 12.8 Å². The number of nitrogens with two attached hydrogens (primary N) is 1. The van der Waals surface area contributed by atoms with Crippen molar-refractivity contribution in [2.45, 2.75) is 19.3 Å². The fraction of sp³-hybridized carbons (Fsp3) is 0.250. The van der Waals surface area contributed by atoms with Gasteiger partial charge in [0.2, 0.25) is 11.8 Å². The lowest BCUT2D eigenvalue weighted by molar-refractivity contribution is -0.129. The van der Waals surface area contributed by atoms with E-state index in [0.717, 1.165) is 4.90 Å². The van der Waals surface area contributed by atoms with E-state index >= 15 is 0 Å². The van der Waals surface area contributed by atoms with Crippen LogP contribution in [-0.4, -0.2) is 17.8 Å². The van der Waals surface area contributed by atoms with Gasteiger partial charge >= 0.3 is 6.03 Å². The summed E-state index contributed by atoms with van der Waals surface area (Å²) >= 11 is 0. The maximum Gasteiger partial charge on any atom is 0.316 e. The number of urea groups is 1. The zero-order valence-corrected chi connectivity index (χ0v) is 9.68. The van der Waals surface area contributed by atoms with Crippen LogP contribution in [0.5, 0.6) is 0 Å². The molecular formula is C12H13N3O3. The number of para-hydroxylation sites is 2. The Morgan fingerprint density at radius 2 is 1.78 bits per heavy atom. The van der Waals surface area contributed by atoms with Crippen molar-refractivity contribution in [1.29, 1.82) is 0 Å². The lowest BCUT2D eigenvalue weighted by Crippen LogP contribution is -2.40. The molecule has 0 bridgehead atoms. The number of carbonyl (C=O) groups is 3. The minimum Gasteiger partial charge on any atom is -0.351 e. The van der Waals surface area contributed by atoms with Gasteiger partial charge < -0.3 is 11.1 Å². The van der Waals surface area contributed by atoms with E-state index in [1.54, 1.807) is 24.3 Å². The molecule has 1 aromatic rings. The number of nitrogens with zero attached hydrogens (tertiary/aromatic N) is 1. The van der Waals surface area contributed by atoms with Gasteiger partial charge in [0.15, 0.2) is 0 Å². The monoisotopic (exact) mass is 247 g/mol. The predicted molar refractivity (Wildman–Crippen MR) is 66.0 cm³/mol. The molecule has 0 unspecified atom stereocenters. The molecule has 6 heteroatoms. The highest BCUT2D eigenvalue weighted by Gasteiger charge is 2.29. The van der Waals surface area contributed by atoms with Crippen molar-refractivity contribution in [2.24, 2.45) is 5.73 Å². The van der Waals surface area contributed by atoms with Gasteiger partial charge in [-0.1, -0.05) is 12.1 Å². The normalized spacial score (nSPS) is 15.7. The number of benzene rings is 1. The molecule has 1 aliphatic rings. The molecule has 94 valence electrons. The molecule has 1 aliphatic heterocycles. The Morgan fingerprint density at radius 1 is 1.17 bits per heavy atom. The van der Waals surface area contributed by atoms with Crippen LogP contribution in [0, 0.1) is 0 Å². The van der Waals surface area contributed by atoms with Crippen LogP contribution in [0.1, 0.15) is 19.3 Å². The number of amides is 4. The highest BCUT2D eigenvalue weighted by Crippen LogP contribution is 2.29. The Labute approximate surface area is 104 Å². The second kappa shape index (κ2) is 4.87. The van der Waals surface area contributed by atoms with Gasteiger partial charge in [-0.05, 0) is 18.6 Å². The average Bonchev–Trinajstić information content (AvgIpc) is 2.30. The van der Waals surface area contributed by atoms with Crippen LogP contribution in [0.4, 0.5) is 16.2 Å². The van der Waals surface area contributed by atoms with Crippen molar-refractivity contribution in [3.63, 3.8) is 0 Å². The molecule has 2 rings (SSSR count). The number of rotatable bonds is 2. The van der Waals surface area contributed by atoms with Crippen molar-refractivity contribution in [1.82, 2.24) is 0 Å². The smallest absolute Gasteiger partial charge is 0.316 e. The Balaban J connectivity index is 2.39. The van der Waals surface area contributed by atoms with Crippen molar-refractivity contribution in [3.05, 3.63) is 24.3 Å². The highest BCUT2D eigenvalue weighted by atomic mass is 16.2. The largest absolute Gasteiger partial charge is 0.351 e. The predicted octanol–water partition coefficient (Wildman–Crippen LogP) is 1.22. The number of hydrogen-bond donors (Lipinski definition) is 2. The zero-order valence-electron chi connectivity index (χ0n) is 9.68. The molecule has 0 spiro atoms. The summed E-state index contributed by atoms with van der Waals surface area (Å²) in [6.45, 7) is 0. The van der Waals surface area contributed by atoms with Crippen molar-refractivity contribution >= 4 is 29.2 Å². The van der Waals surface area contributed by atoms with Crippen LogP contribution in [0.3, 0.4) is 0 Å². The summed E-state index contributed by atoms with van der Waals surface area (Å²) in [5, 5.41) is 2.40. The third-order valence-corrected chi connectivity index (χ3v) is 2.68. The number of hydrogen-bond acceptors (Lipinski definition) is 3. The van der Waals surface area contributed by atoms with E-state index in [2.05, 4.69) is 5.32 Å². The molecule has 0 saturated carbocycles. The van der Waals surface area contributed by atoms with E-state index in [-0.39, 0.29) is 11.8 Å². The molecule has 1 aromatic carbocycles. The minimum atomic E-state index is -0.737. The number of nitrogens with one attached hydrogen (secondary N) is 1. The fourth-order valence-electron chi connectivity index (χ4n) is 1.93. The minimum absolute atomic E-state index is 0.259. The van der Waals surface area contributed by atoms with Crippen molar-refractivity contribution < 1.29 is 14.4 Å². The Bertz CT molecular complexity index is 497. The standard InChI is InChI=1S/C12H13N3O3/c13-12(18)14-8-4-1-2-5-9(8)15-10(16)6-3-7-11(15)17/h1-2,4-5H,3,6-7H2,(H3,13,14,18). The van der Waals surface area contributed by atoms with E-state index < -0.39 is 6.03 Å². The second-order valence-corrected chi connectivity index (χ2v) is 3.98. The summed E-state index contributed by atoms with van der Waals surface area (Å²) in [5.74, 6) is -0.519. The zero-order chi connectivity index (χ0) is 13.1. The molecule has 18 heavy (non-hydrogen) atoms. The summed E-state index contributed by atoms with van der Waals surface area (Å²) in [6.07, 6.45) is 1.23. The molecule has 0 radical (unpaired) electrons. The number of imide groups is 1. The van der Waals surface area contributed by atoms with Gasteiger partial charge in [0.05, 0.1) is 11.4 Å². The first-order chi connectivity index (χ1) is 8.59. The van der Waals surface area contributed by atoms with Crippen LogP contribution >= 0.6 is 0 Å². The summed E-state index contributed by atoms with van der Waals surface area (Å²) in [6, 6.07) is 5.84. The molecule has 0 atom stereocenters. The summed E-state index contributed by atoms with van der Waals surface area (Å²) in [5.41, 5.74) is 5.78. The van der Waals surface area contributed by atoms with Gasteiger partial charge in [-0.3, -0.25) is 9.59 Å². The summed E-state index contributed by atoms with van der Waals surface area (Å²) in [7, 11) is 0. The van der Waals surface area contributed by atoms with Gasteiger partial charge in [-0.2, -0.15) is 0 Å².